The van der Waals surface area contributed by atoms with Crippen molar-refractivity contribution in [2.75, 3.05) is 13.1 Å². The Balaban J connectivity index is 2.29. The lowest BCUT2D eigenvalue weighted by molar-refractivity contribution is -0.121. The van der Waals surface area contributed by atoms with Gasteiger partial charge in [0.15, 0.2) is 0 Å². The summed E-state index contributed by atoms with van der Waals surface area (Å²) in [5, 5.41) is 10.2. The first-order valence-corrected chi connectivity index (χ1v) is 5.60. The van der Waals surface area contributed by atoms with Gasteiger partial charge in [0.05, 0.1) is 5.69 Å². The predicted octanol–water partition coefficient (Wildman–Crippen LogP) is 0.344. The van der Waals surface area contributed by atoms with Crippen LogP contribution in [0.25, 0.3) is 0 Å². The van der Waals surface area contributed by atoms with Crippen LogP contribution in [-0.2, 0) is 18.4 Å². The minimum atomic E-state index is 0.0733. The number of aromatic nitrogens is 2. The van der Waals surface area contributed by atoms with E-state index < -0.39 is 0 Å². The molecule has 0 saturated carbocycles. The Kier molecular flexibility index (Phi) is 4.98. The van der Waals surface area contributed by atoms with E-state index in [-0.39, 0.29) is 5.91 Å². The van der Waals surface area contributed by atoms with Crippen molar-refractivity contribution in [3.8, 4) is 0 Å². The molecule has 0 radical (unpaired) electrons. The van der Waals surface area contributed by atoms with Gasteiger partial charge in [-0.2, -0.15) is 5.10 Å². The summed E-state index contributed by atoms with van der Waals surface area (Å²) >= 11 is 0. The van der Waals surface area contributed by atoms with Crippen LogP contribution in [0.2, 0.25) is 0 Å². The van der Waals surface area contributed by atoms with Gasteiger partial charge in [0.1, 0.15) is 0 Å². The van der Waals surface area contributed by atoms with Crippen LogP contribution in [0.5, 0.6) is 0 Å². The summed E-state index contributed by atoms with van der Waals surface area (Å²) in [5.41, 5.74) is 2.04. The van der Waals surface area contributed by atoms with Crippen molar-refractivity contribution in [2.24, 2.45) is 7.05 Å². The molecule has 16 heavy (non-hydrogen) atoms. The largest absolute Gasteiger partial charge is 0.352 e. The standard InChI is InChI=1S/C11H20N4O/c1-4-12-6-5-11(16)13-7-10-8-15(3)14-9(10)2/h8,12H,4-7H2,1-3H3,(H,13,16). The van der Waals surface area contributed by atoms with Crippen LogP contribution in [0.3, 0.4) is 0 Å². The number of nitrogens with zero attached hydrogens (tertiary/aromatic N) is 2. The van der Waals surface area contributed by atoms with Gasteiger partial charge in [-0.15, -0.1) is 0 Å². The van der Waals surface area contributed by atoms with Crippen LogP contribution in [0.1, 0.15) is 24.6 Å². The maximum atomic E-state index is 11.4. The van der Waals surface area contributed by atoms with Crippen LogP contribution in [0.4, 0.5) is 0 Å². The third-order valence-corrected chi connectivity index (χ3v) is 2.37. The molecule has 0 aromatic carbocycles. The van der Waals surface area contributed by atoms with Crippen molar-refractivity contribution in [3.63, 3.8) is 0 Å². The maximum absolute atomic E-state index is 11.4. The second-order valence-electron chi connectivity index (χ2n) is 3.79. The van der Waals surface area contributed by atoms with Gasteiger partial charge in [-0.1, -0.05) is 6.92 Å². The molecule has 0 aliphatic heterocycles. The second kappa shape index (κ2) is 6.27. The molecule has 1 rings (SSSR count). The number of rotatable bonds is 6. The quantitative estimate of drug-likeness (QED) is 0.685. The number of amides is 1. The van der Waals surface area contributed by atoms with Gasteiger partial charge in [-0.25, -0.2) is 0 Å². The van der Waals surface area contributed by atoms with Gasteiger partial charge in [0.25, 0.3) is 0 Å². The molecule has 5 nitrogen and oxygen atoms in total. The summed E-state index contributed by atoms with van der Waals surface area (Å²) in [4.78, 5) is 11.4. The SMILES string of the molecule is CCNCCC(=O)NCc1cn(C)nc1C. The molecule has 1 aromatic rings. The van der Waals surface area contributed by atoms with Gasteiger partial charge < -0.3 is 10.6 Å². The fourth-order valence-corrected chi connectivity index (χ4v) is 1.48. The van der Waals surface area contributed by atoms with Crippen molar-refractivity contribution in [1.82, 2.24) is 20.4 Å². The van der Waals surface area contributed by atoms with Gasteiger partial charge in [0, 0.05) is 38.3 Å². The smallest absolute Gasteiger partial charge is 0.221 e. The lowest BCUT2D eigenvalue weighted by Gasteiger charge is -2.04. The van der Waals surface area contributed by atoms with E-state index in [4.69, 9.17) is 0 Å². The molecule has 0 saturated heterocycles. The molecule has 1 amide bonds. The average Bonchev–Trinajstić information content (AvgIpc) is 2.55. The fraction of sp³-hybridized carbons (Fsp3) is 0.636. The first kappa shape index (κ1) is 12.7. The molecule has 1 aromatic heterocycles. The summed E-state index contributed by atoms with van der Waals surface area (Å²) in [6, 6.07) is 0. The minimum Gasteiger partial charge on any atom is -0.352 e. The fourth-order valence-electron chi connectivity index (χ4n) is 1.48. The Bertz CT molecular complexity index is 346. The zero-order valence-electron chi connectivity index (χ0n) is 10.2. The third kappa shape index (κ3) is 4.02. The lowest BCUT2D eigenvalue weighted by atomic mass is 10.2. The van der Waals surface area contributed by atoms with Crippen molar-refractivity contribution in [2.45, 2.75) is 26.8 Å². The first-order valence-electron chi connectivity index (χ1n) is 5.60. The Morgan fingerprint density at radius 1 is 1.56 bits per heavy atom. The summed E-state index contributed by atoms with van der Waals surface area (Å²) in [5.74, 6) is 0.0733. The van der Waals surface area contributed by atoms with Crippen LogP contribution < -0.4 is 10.6 Å². The molecule has 0 bridgehead atoms. The van der Waals surface area contributed by atoms with Gasteiger partial charge >= 0.3 is 0 Å². The van der Waals surface area contributed by atoms with Crippen LogP contribution in [-0.4, -0.2) is 28.8 Å². The Hall–Kier alpha value is -1.36. The molecule has 5 heteroatoms. The molecule has 0 aliphatic rings. The molecule has 2 N–H and O–H groups in total. The summed E-state index contributed by atoms with van der Waals surface area (Å²) in [7, 11) is 1.88. The van der Waals surface area contributed by atoms with E-state index in [0.29, 0.717) is 13.0 Å². The van der Waals surface area contributed by atoms with E-state index in [1.54, 1.807) is 4.68 Å². The zero-order valence-corrected chi connectivity index (χ0v) is 10.2. The number of carbonyl (C=O) groups excluding carboxylic acids is 1. The number of hydrogen-bond donors (Lipinski definition) is 2. The topological polar surface area (TPSA) is 59.0 Å². The number of aryl methyl sites for hydroxylation is 2. The van der Waals surface area contributed by atoms with Crippen LogP contribution >= 0.6 is 0 Å². The first-order chi connectivity index (χ1) is 7.63. The van der Waals surface area contributed by atoms with Crippen molar-refractivity contribution < 1.29 is 4.79 Å². The highest BCUT2D eigenvalue weighted by Crippen LogP contribution is 2.03. The minimum absolute atomic E-state index is 0.0733. The Morgan fingerprint density at radius 3 is 2.88 bits per heavy atom. The van der Waals surface area contributed by atoms with Gasteiger partial charge in [0.2, 0.25) is 5.91 Å². The molecule has 0 unspecified atom stereocenters. The predicted molar refractivity (Wildman–Crippen MR) is 63.0 cm³/mol. The summed E-state index contributed by atoms with van der Waals surface area (Å²) in [6.45, 7) is 6.16. The van der Waals surface area contributed by atoms with Crippen molar-refractivity contribution in [1.29, 1.82) is 0 Å². The van der Waals surface area contributed by atoms with Crippen molar-refractivity contribution >= 4 is 5.91 Å². The highest BCUT2D eigenvalue weighted by Gasteiger charge is 2.05. The lowest BCUT2D eigenvalue weighted by Crippen LogP contribution is -2.27. The van der Waals surface area contributed by atoms with E-state index in [9.17, 15) is 4.79 Å². The van der Waals surface area contributed by atoms with E-state index in [1.165, 1.54) is 0 Å². The number of nitrogens with one attached hydrogen (secondary N) is 2. The summed E-state index contributed by atoms with van der Waals surface area (Å²) < 4.78 is 1.76. The third-order valence-electron chi connectivity index (χ3n) is 2.37. The molecule has 0 fully saturated rings. The zero-order chi connectivity index (χ0) is 12.0. The highest BCUT2D eigenvalue weighted by molar-refractivity contribution is 5.76. The molecular weight excluding hydrogens is 204 g/mol. The Morgan fingerprint density at radius 2 is 2.31 bits per heavy atom. The van der Waals surface area contributed by atoms with E-state index in [1.807, 2.05) is 27.1 Å². The average molecular weight is 224 g/mol. The molecule has 0 spiro atoms. The summed E-state index contributed by atoms with van der Waals surface area (Å²) in [6.07, 6.45) is 2.45. The molecular formula is C11H20N4O. The van der Waals surface area contributed by atoms with Crippen LogP contribution in [0.15, 0.2) is 6.20 Å². The van der Waals surface area contributed by atoms with Gasteiger partial charge in [-0.05, 0) is 13.5 Å². The van der Waals surface area contributed by atoms with E-state index in [0.717, 1.165) is 24.3 Å². The van der Waals surface area contributed by atoms with Crippen LogP contribution in [0, 0.1) is 6.92 Å². The van der Waals surface area contributed by atoms with Gasteiger partial charge in [-0.3, -0.25) is 9.48 Å². The van der Waals surface area contributed by atoms with Crippen molar-refractivity contribution in [3.05, 3.63) is 17.5 Å². The molecule has 0 aliphatic carbocycles. The second-order valence-corrected chi connectivity index (χ2v) is 3.79. The van der Waals surface area contributed by atoms with E-state index >= 15 is 0 Å². The molecule has 0 atom stereocenters. The Labute approximate surface area is 96.2 Å². The maximum Gasteiger partial charge on any atom is 0.221 e. The normalized spacial score (nSPS) is 10.4. The molecule has 90 valence electrons. The number of hydrogen-bond acceptors (Lipinski definition) is 3. The van der Waals surface area contributed by atoms with E-state index in [2.05, 4.69) is 15.7 Å². The highest BCUT2D eigenvalue weighted by atomic mass is 16.1. The monoisotopic (exact) mass is 224 g/mol. The number of carbonyl (C=O) groups is 1. The molecule has 1 heterocycles.